The molecule has 0 aromatic carbocycles. The second kappa shape index (κ2) is 3.88. The first-order chi connectivity index (χ1) is 6.36. The van der Waals surface area contributed by atoms with Gasteiger partial charge in [-0.25, -0.2) is 0 Å². The van der Waals surface area contributed by atoms with Gasteiger partial charge in [0.05, 0.1) is 5.69 Å². The third kappa shape index (κ3) is 2.07. The number of hydrogen-bond donors (Lipinski definition) is 0. The minimum absolute atomic E-state index is 0.458. The fraction of sp³-hybridized carbons (Fsp3) is 0.400. The van der Waals surface area contributed by atoms with E-state index in [-0.39, 0.29) is 0 Å². The zero-order valence-corrected chi connectivity index (χ0v) is 8.09. The monoisotopic (exact) mass is 194 g/mol. The predicted octanol–water partition coefficient (Wildman–Crippen LogP) is 3.09. The Morgan fingerprint density at radius 2 is 2.08 bits per heavy atom. The molecule has 13 heavy (non-hydrogen) atoms. The first-order valence-corrected chi connectivity index (χ1v) is 4.93. The Labute approximate surface area is 82.6 Å². The number of rotatable bonds is 1. The van der Waals surface area contributed by atoms with Crippen LogP contribution in [0.1, 0.15) is 31.4 Å². The van der Waals surface area contributed by atoms with E-state index in [1.54, 1.807) is 6.07 Å². The van der Waals surface area contributed by atoms with E-state index in [0.717, 1.165) is 12.1 Å². The zero-order valence-electron chi connectivity index (χ0n) is 7.33. The minimum Gasteiger partial charge on any atom is -0.149 e. The highest BCUT2D eigenvalue weighted by Gasteiger charge is 2.07. The number of hydrogen-bond acceptors (Lipinski definition) is 2. The second-order valence-corrected chi connectivity index (χ2v) is 3.60. The summed E-state index contributed by atoms with van der Waals surface area (Å²) in [4.78, 5) is 0. The topological polar surface area (TPSA) is 25.8 Å². The van der Waals surface area contributed by atoms with Gasteiger partial charge >= 0.3 is 0 Å². The van der Waals surface area contributed by atoms with Gasteiger partial charge < -0.3 is 0 Å². The maximum Gasteiger partial charge on any atom is 0.151 e. The van der Waals surface area contributed by atoms with E-state index in [0.29, 0.717) is 5.15 Å². The van der Waals surface area contributed by atoms with Crippen LogP contribution in [-0.4, -0.2) is 10.2 Å². The van der Waals surface area contributed by atoms with Gasteiger partial charge in [0.25, 0.3) is 0 Å². The number of nitrogens with zero attached hydrogens (tertiary/aromatic N) is 2. The third-order valence-electron chi connectivity index (χ3n) is 2.25. The molecule has 0 bridgehead atoms. The van der Waals surface area contributed by atoms with Crippen molar-refractivity contribution in [2.45, 2.75) is 25.7 Å². The van der Waals surface area contributed by atoms with Gasteiger partial charge in [0, 0.05) is 0 Å². The quantitative estimate of drug-likeness (QED) is 0.687. The summed E-state index contributed by atoms with van der Waals surface area (Å²) in [5, 5.41) is 8.34. The summed E-state index contributed by atoms with van der Waals surface area (Å²) in [6.07, 6.45) is 7.10. The molecule has 1 heterocycles. The highest BCUT2D eigenvalue weighted by atomic mass is 35.5. The number of halogens is 1. The minimum atomic E-state index is 0.458. The van der Waals surface area contributed by atoms with Crippen LogP contribution in [0.4, 0.5) is 0 Å². The zero-order chi connectivity index (χ0) is 9.10. The lowest BCUT2D eigenvalue weighted by molar-refractivity contribution is 0.738. The molecular formula is C10H11ClN2. The fourth-order valence-electron chi connectivity index (χ4n) is 1.56. The second-order valence-electron chi connectivity index (χ2n) is 3.22. The lowest BCUT2D eigenvalue weighted by atomic mass is 9.97. The van der Waals surface area contributed by atoms with Gasteiger partial charge in [0.2, 0.25) is 0 Å². The van der Waals surface area contributed by atoms with E-state index >= 15 is 0 Å². The Morgan fingerprint density at radius 1 is 1.15 bits per heavy atom. The van der Waals surface area contributed by atoms with Crippen molar-refractivity contribution in [1.82, 2.24) is 10.2 Å². The molecule has 1 aliphatic rings. The van der Waals surface area contributed by atoms with Crippen LogP contribution >= 0.6 is 11.6 Å². The molecule has 0 N–H and O–H groups in total. The van der Waals surface area contributed by atoms with Gasteiger partial charge in [-0.2, -0.15) is 0 Å². The van der Waals surface area contributed by atoms with Crippen LogP contribution < -0.4 is 0 Å². The Bertz CT molecular complexity index is 316. The molecule has 0 spiro atoms. The molecular weight excluding hydrogens is 184 g/mol. The van der Waals surface area contributed by atoms with Crippen LogP contribution in [-0.2, 0) is 0 Å². The molecule has 1 aromatic heterocycles. The van der Waals surface area contributed by atoms with Gasteiger partial charge in [0.15, 0.2) is 5.15 Å². The predicted molar refractivity (Wildman–Crippen MR) is 53.5 cm³/mol. The van der Waals surface area contributed by atoms with Crippen molar-refractivity contribution in [2.75, 3.05) is 0 Å². The summed E-state index contributed by atoms with van der Waals surface area (Å²) < 4.78 is 0. The normalized spacial score (nSPS) is 16.8. The summed E-state index contributed by atoms with van der Waals surface area (Å²) in [5.41, 5.74) is 2.29. The van der Waals surface area contributed by atoms with Crippen LogP contribution in [0, 0.1) is 0 Å². The van der Waals surface area contributed by atoms with Crippen molar-refractivity contribution < 1.29 is 0 Å². The van der Waals surface area contributed by atoms with Crippen LogP contribution in [0.5, 0.6) is 0 Å². The summed E-state index contributed by atoms with van der Waals surface area (Å²) in [6, 6.07) is 3.73. The molecule has 3 heteroatoms. The van der Waals surface area contributed by atoms with Crippen LogP contribution in [0.3, 0.4) is 0 Å². The lowest BCUT2D eigenvalue weighted by Crippen LogP contribution is -1.96. The molecule has 0 saturated carbocycles. The summed E-state index contributed by atoms with van der Waals surface area (Å²) in [6.45, 7) is 0. The molecule has 2 rings (SSSR count). The van der Waals surface area contributed by atoms with Gasteiger partial charge in [-0.15, -0.1) is 10.2 Å². The molecule has 0 aliphatic heterocycles. The molecule has 1 aliphatic carbocycles. The molecule has 0 unspecified atom stereocenters. The number of aromatic nitrogens is 2. The molecule has 2 nitrogen and oxygen atoms in total. The van der Waals surface area contributed by atoms with E-state index < -0.39 is 0 Å². The van der Waals surface area contributed by atoms with Crippen molar-refractivity contribution in [3.05, 3.63) is 29.1 Å². The Kier molecular flexibility index (Phi) is 2.60. The fourth-order valence-corrected chi connectivity index (χ4v) is 1.66. The molecule has 0 amide bonds. The average Bonchev–Trinajstić information content (AvgIpc) is 2.20. The van der Waals surface area contributed by atoms with Gasteiger partial charge in [-0.05, 0) is 43.4 Å². The Morgan fingerprint density at radius 3 is 2.69 bits per heavy atom. The molecule has 0 saturated heterocycles. The molecule has 68 valence electrons. The number of allylic oxidation sites excluding steroid dienone is 2. The van der Waals surface area contributed by atoms with E-state index in [9.17, 15) is 0 Å². The standard InChI is InChI=1S/C10H11ClN2/c11-10-7-6-9(12-13-10)8-4-2-1-3-5-8/h4,6-7H,1-3,5H2. The Balaban J connectivity index is 2.24. The summed E-state index contributed by atoms with van der Waals surface area (Å²) in [7, 11) is 0. The van der Waals surface area contributed by atoms with E-state index in [1.807, 2.05) is 6.07 Å². The van der Waals surface area contributed by atoms with Gasteiger partial charge in [-0.1, -0.05) is 17.7 Å². The van der Waals surface area contributed by atoms with Crippen molar-refractivity contribution in [3.8, 4) is 0 Å². The first kappa shape index (κ1) is 8.70. The smallest absolute Gasteiger partial charge is 0.149 e. The van der Waals surface area contributed by atoms with Gasteiger partial charge in [0.1, 0.15) is 0 Å². The Hall–Kier alpha value is -0.890. The van der Waals surface area contributed by atoms with Gasteiger partial charge in [-0.3, -0.25) is 0 Å². The molecule has 0 radical (unpaired) electrons. The van der Waals surface area contributed by atoms with Crippen molar-refractivity contribution in [1.29, 1.82) is 0 Å². The van der Waals surface area contributed by atoms with Crippen LogP contribution in [0.2, 0.25) is 5.15 Å². The highest BCUT2D eigenvalue weighted by Crippen LogP contribution is 2.24. The maximum atomic E-state index is 5.66. The molecule has 0 fully saturated rings. The van der Waals surface area contributed by atoms with Crippen molar-refractivity contribution in [2.24, 2.45) is 0 Å². The lowest BCUT2D eigenvalue weighted by Gasteiger charge is -2.10. The molecule has 0 atom stereocenters. The van der Waals surface area contributed by atoms with E-state index in [1.165, 1.54) is 24.8 Å². The third-order valence-corrected chi connectivity index (χ3v) is 2.45. The average molecular weight is 195 g/mol. The van der Waals surface area contributed by atoms with Crippen LogP contribution in [0.15, 0.2) is 18.2 Å². The summed E-state index contributed by atoms with van der Waals surface area (Å²) >= 11 is 5.66. The molecule has 1 aromatic rings. The van der Waals surface area contributed by atoms with Crippen LogP contribution in [0.25, 0.3) is 5.57 Å². The summed E-state index contributed by atoms with van der Waals surface area (Å²) in [5.74, 6) is 0. The SMILES string of the molecule is Clc1ccc(C2=CCCCC2)nn1. The highest BCUT2D eigenvalue weighted by molar-refractivity contribution is 6.29. The first-order valence-electron chi connectivity index (χ1n) is 4.55. The van der Waals surface area contributed by atoms with E-state index in [4.69, 9.17) is 11.6 Å². The van der Waals surface area contributed by atoms with Crippen molar-refractivity contribution >= 4 is 17.2 Å². The van der Waals surface area contributed by atoms with E-state index in [2.05, 4.69) is 16.3 Å². The largest absolute Gasteiger partial charge is 0.151 e. The maximum absolute atomic E-state index is 5.66. The van der Waals surface area contributed by atoms with Crippen molar-refractivity contribution in [3.63, 3.8) is 0 Å².